The molecule has 0 saturated heterocycles. The fraction of sp³-hybridized carbons (Fsp3) is 0.368. The predicted molar refractivity (Wildman–Crippen MR) is 86.9 cm³/mol. The number of rotatable bonds is 5. The summed E-state index contributed by atoms with van der Waals surface area (Å²) < 4.78 is 5.88. The molecule has 1 aliphatic heterocycles. The van der Waals surface area contributed by atoms with Gasteiger partial charge in [-0.1, -0.05) is 44.7 Å². The second kappa shape index (κ2) is 6.30. The number of hydrogen-bond acceptors (Lipinski definition) is 3. The summed E-state index contributed by atoms with van der Waals surface area (Å²) in [5.74, 6) is 2.05. The Balaban J connectivity index is 1.93. The third-order valence-electron chi connectivity index (χ3n) is 4.31. The third-order valence-corrected chi connectivity index (χ3v) is 4.31. The lowest BCUT2D eigenvalue weighted by atomic mass is 9.84. The quantitative estimate of drug-likeness (QED) is 0.736. The Morgan fingerprint density at radius 2 is 1.45 bits per heavy atom. The predicted octanol–water partition coefficient (Wildman–Crippen LogP) is 5.31. The van der Waals surface area contributed by atoms with Crippen LogP contribution < -0.4 is 4.74 Å². The van der Waals surface area contributed by atoms with E-state index in [0.29, 0.717) is 11.5 Å². The molecule has 2 aromatic rings. The van der Waals surface area contributed by atoms with E-state index in [2.05, 4.69) is 6.92 Å². The van der Waals surface area contributed by atoms with Crippen LogP contribution in [0.1, 0.15) is 56.1 Å². The molecule has 0 bridgehead atoms. The van der Waals surface area contributed by atoms with Crippen LogP contribution in [0.5, 0.6) is 23.0 Å². The van der Waals surface area contributed by atoms with Gasteiger partial charge < -0.3 is 14.9 Å². The molecule has 0 radical (unpaired) electrons. The molecule has 3 rings (SSSR count). The summed E-state index contributed by atoms with van der Waals surface area (Å²) in [5, 5.41) is 19.4. The second-order valence-corrected chi connectivity index (χ2v) is 5.95. The van der Waals surface area contributed by atoms with Gasteiger partial charge in [-0.05, 0) is 18.6 Å². The highest BCUT2D eigenvalue weighted by atomic mass is 16.5. The van der Waals surface area contributed by atoms with Gasteiger partial charge in [-0.25, -0.2) is 0 Å². The fourth-order valence-electron chi connectivity index (χ4n) is 3.17. The summed E-state index contributed by atoms with van der Waals surface area (Å²) in [6.45, 7) is 2.21. The summed E-state index contributed by atoms with van der Waals surface area (Å²) in [6.07, 6.45) is 5.93. The van der Waals surface area contributed by atoms with Gasteiger partial charge in [0.25, 0.3) is 0 Å². The molecule has 2 N–H and O–H groups in total. The van der Waals surface area contributed by atoms with Gasteiger partial charge in [-0.3, -0.25) is 0 Å². The van der Waals surface area contributed by atoms with Crippen LogP contribution in [0.25, 0.3) is 0 Å². The van der Waals surface area contributed by atoms with Gasteiger partial charge in [0.15, 0.2) is 0 Å². The van der Waals surface area contributed by atoms with Crippen LogP contribution in [0.15, 0.2) is 36.4 Å². The lowest BCUT2D eigenvalue weighted by Crippen LogP contribution is -2.10. The van der Waals surface area contributed by atoms with Gasteiger partial charge in [0.1, 0.15) is 23.0 Å². The molecule has 0 unspecified atom stereocenters. The SMILES string of the molecule is CCCCCCC1c2ccc(O)cc2Oc2cc(O)ccc21. The standard InChI is InChI=1S/C19H22O3/c1-2-3-4-5-6-15-16-9-7-13(20)11-18(16)22-19-12-14(21)8-10-17(15)19/h7-12,15,20-21H,2-6H2,1H3. The van der Waals surface area contributed by atoms with E-state index in [1.807, 2.05) is 12.1 Å². The molecule has 1 aliphatic rings. The summed E-state index contributed by atoms with van der Waals surface area (Å²) in [4.78, 5) is 0. The highest BCUT2D eigenvalue weighted by Crippen LogP contribution is 2.48. The van der Waals surface area contributed by atoms with Crippen molar-refractivity contribution in [3.05, 3.63) is 47.5 Å². The van der Waals surface area contributed by atoms with Crippen molar-refractivity contribution in [2.45, 2.75) is 44.9 Å². The van der Waals surface area contributed by atoms with Gasteiger partial charge >= 0.3 is 0 Å². The molecule has 0 amide bonds. The van der Waals surface area contributed by atoms with Crippen molar-refractivity contribution < 1.29 is 14.9 Å². The molecule has 0 fully saturated rings. The highest BCUT2D eigenvalue weighted by Gasteiger charge is 2.27. The van der Waals surface area contributed by atoms with Crippen molar-refractivity contribution in [2.24, 2.45) is 0 Å². The number of ether oxygens (including phenoxy) is 1. The molecule has 0 aromatic heterocycles. The Labute approximate surface area is 131 Å². The third kappa shape index (κ3) is 2.89. The van der Waals surface area contributed by atoms with Crippen molar-refractivity contribution in [1.29, 1.82) is 0 Å². The van der Waals surface area contributed by atoms with Gasteiger partial charge in [0.2, 0.25) is 0 Å². The van der Waals surface area contributed by atoms with E-state index in [9.17, 15) is 10.2 Å². The van der Waals surface area contributed by atoms with Crippen molar-refractivity contribution in [1.82, 2.24) is 0 Å². The number of phenols is 2. The molecule has 0 atom stereocenters. The van der Waals surface area contributed by atoms with E-state index < -0.39 is 0 Å². The summed E-state index contributed by atoms with van der Waals surface area (Å²) >= 11 is 0. The Hall–Kier alpha value is -2.16. The molecular formula is C19H22O3. The van der Waals surface area contributed by atoms with E-state index in [0.717, 1.165) is 17.5 Å². The number of aromatic hydroxyl groups is 2. The Morgan fingerprint density at radius 3 is 2.00 bits per heavy atom. The normalized spacial score (nSPS) is 13.3. The molecule has 22 heavy (non-hydrogen) atoms. The number of fused-ring (bicyclic) bond motifs is 2. The maximum Gasteiger partial charge on any atom is 0.134 e. The maximum atomic E-state index is 9.69. The van der Waals surface area contributed by atoms with Gasteiger partial charge in [-0.15, -0.1) is 0 Å². The molecule has 1 heterocycles. The summed E-state index contributed by atoms with van der Waals surface area (Å²) in [7, 11) is 0. The molecule has 0 saturated carbocycles. The lowest BCUT2D eigenvalue weighted by molar-refractivity contribution is 0.417. The first-order valence-corrected chi connectivity index (χ1v) is 8.02. The van der Waals surface area contributed by atoms with Crippen LogP contribution in [-0.4, -0.2) is 10.2 Å². The van der Waals surface area contributed by atoms with E-state index in [4.69, 9.17) is 4.74 Å². The second-order valence-electron chi connectivity index (χ2n) is 5.95. The fourth-order valence-corrected chi connectivity index (χ4v) is 3.17. The van der Waals surface area contributed by atoms with Gasteiger partial charge in [-0.2, -0.15) is 0 Å². The van der Waals surface area contributed by atoms with E-state index >= 15 is 0 Å². The zero-order valence-electron chi connectivity index (χ0n) is 12.9. The highest BCUT2D eigenvalue weighted by molar-refractivity contribution is 5.56. The molecule has 2 aromatic carbocycles. The topological polar surface area (TPSA) is 49.7 Å². The number of phenolic OH excluding ortho intramolecular Hbond substituents is 2. The Bertz CT molecular complexity index is 612. The molecule has 116 valence electrons. The first kappa shape index (κ1) is 14.8. The number of unbranched alkanes of at least 4 members (excludes halogenated alkanes) is 3. The monoisotopic (exact) mass is 298 g/mol. The van der Waals surface area contributed by atoms with Gasteiger partial charge in [0.05, 0.1) is 0 Å². The van der Waals surface area contributed by atoms with Crippen LogP contribution in [0, 0.1) is 0 Å². The van der Waals surface area contributed by atoms with Crippen molar-refractivity contribution >= 4 is 0 Å². The number of benzene rings is 2. The lowest BCUT2D eigenvalue weighted by Gasteiger charge is -2.28. The zero-order chi connectivity index (χ0) is 15.5. The van der Waals surface area contributed by atoms with Crippen LogP contribution in [0.3, 0.4) is 0 Å². The Morgan fingerprint density at radius 1 is 0.864 bits per heavy atom. The van der Waals surface area contributed by atoms with Crippen molar-refractivity contribution in [2.75, 3.05) is 0 Å². The molecule has 0 spiro atoms. The van der Waals surface area contributed by atoms with Gasteiger partial charge in [0, 0.05) is 29.2 Å². The first-order valence-electron chi connectivity index (χ1n) is 8.02. The minimum absolute atomic E-state index is 0.201. The molecule has 0 aliphatic carbocycles. The summed E-state index contributed by atoms with van der Waals surface area (Å²) in [6, 6.07) is 10.6. The average molecular weight is 298 g/mol. The van der Waals surface area contributed by atoms with Crippen LogP contribution >= 0.6 is 0 Å². The number of hydrogen-bond donors (Lipinski definition) is 2. The largest absolute Gasteiger partial charge is 0.508 e. The van der Waals surface area contributed by atoms with E-state index in [1.54, 1.807) is 24.3 Å². The average Bonchev–Trinajstić information content (AvgIpc) is 2.50. The smallest absolute Gasteiger partial charge is 0.134 e. The Kier molecular flexibility index (Phi) is 4.23. The van der Waals surface area contributed by atoms with Crippen molar-refractivity contribution in [3.63, 3.8) is 0 Å². The van der Waals surface area contributed by atoms with Crippen molar-refractivity contribution in [3.8, 4) is 23.0 Å². The summed E-state index contributed by atoms with van der Waals surface area (Å²) in [5.41, 5.74) is 2.24. The van der Waals surface area contributed by atoms with Crippen LogP contribution in [0.2, 0.25) is 0 Å². The van der Waals surface area contributed by atoms with E-state index in [-0.39, 0.29) is 17.4 Å². The van der Waals surface area contributed by atoms with Crippen LogP contribution in [0.4, 0.5) is 0 Å². The van der Waals surface area contributed by atoms with E-state index in [1.165, 1.54) is 25.7 Å². The zero-order valence-corrected chi connectivity index (χ0v) is 12.9. The molecule has 3 nitrogen and oxygen atoms in total. The maximum absolute atomic E-state index is 9.69. The minimum Gasteiger partial charge on any atom is -0.508 e. The molecule has 3 heteroatoms. The first-order chi connectivity index (χ1) is 10.7. The molecular weight excluding hydrogens is 276 g/mol. The van der Waals surface area contributed by atoms with Crippen LogP contribution in [-0.2, 0) is 0 Å². The minimum atomic E-state index is 0.201.